The Morgan fingerprint density at radius 3 is 2.84 bits per heavy atom. The fourth-order valence-electron chi connectivity index (χ4n) is 1.52. The van der Waals surface area contributed by atoms with Crippen molar-refractivity contribution in [1.29, 1.82) is 0 Å². The molecule has 1 N–H and O–H groups in total. The van der Waals surface area contributed by atoms with Crippen molar-refractivity contribution < 1.29 is 9.84 Å². The molecule has 19 heavy (non-hydrogen) atoms. The summed E-state index contributed by atoms with van der Waals surface area (Å²) in [5.41, 5.74) is 1.44. The molecule has 0 spiro atoms. The molecule has 5 heteroatoms. The maximum absolute atomic E-state index is 9.96. The van der Waals surface area contributed by atoms with Crippen LogP contribution in [0.25, 0.3) is 0 Å². The lowest BCUT2D eigenvalue weighted by Crippen LogP contribution is -1.86. The minimum atomic E-state index is 0.232. The number of nitrogens with zero attached hydrogens (tertiary/aromatic N) is 1. The van der Waals surface area contributed by atoms with E-state index in [4.69, 9.17) is 4.74 Å². The Hall–Kier alpha value is -1.08. The summed E-state index contributed by atoms with van der Waals surface area (Å²) < 4.78 is 6.82. The first kappa shape index (κ1) is 14.3. The molecule has 2 rings (SSSR count). The molecular weight excluding hydrogens is 421 g/mol. The smallest absolute Gasteiger partial charge is 0.137 e. The zero-order valence-corrected chi connectivity index (χ0v) is 13.8. The molecule has 0 aliphatic carbocycles. The van der Waals surface area contributed by atoms with Gasteiger partial charge in [-0.15, -0.1) is 0 Å². The normalized spacial score (nSPS) is 10.9. The van der Waals surface area contributed by atoms with Gasteiger partial charge in [-0.1, -0.05) is 22.0 Å². The second kappa shape index (κ2) is 6.38. The molecule has 3 nitrogen and oxygen atoms in total. The molecule has 0 radical (unpaired) electrons. The van der Waals surface area contributed by atoms with Crippen LogP contribution in [0.1, 0.15) is 5.56 Å². The lowest BCUT2D eigenvalue weighted by atomic mass is 10.2. The van der Waals surface area contributed by atoms with E-state index in [1.165, 1.54) is 0 Å². The van der Waals surface area contributed by atoms with Gasteiger partial charge in [-0.2, -0.15) is 0 Å². The van der Waals surface area contributed by atoms with E-state index in [0.29, 0.717) is 5.56 Å². The Balaban J connectivity index is 2.32. The molecule has 0 fully saturated rings. The van der Waals surface area contributed by atoms with E-state index in [9.17, 15) is 5.11 Å². The second-order valence-electron chi connectivity index (χ2n) is 3.79. The van der Waals surface area contributed by atoms with E-state index >= 15 is 0 Å². The van der Waals surface area contributed by atoms with Gasteiger partial charge in [-0.05, 0) is 46.9 Å². The van der Waals surface area contributed by atoms with Crippen LogP contribution < -0.4 is 4.74 Å². The number of hydrogen-bond acceptors (Lipinski definition) is 3. The van der Waals surface area contributed by atoms with Crippen molar-refractivity contribution in [3.05, 3.63) is 50.0 Å². The van der Waals surface area contributed by atoms with E-state index in [-0.39, 0.29) is 5.75 Å². The molecule has 98 valence electrons. The monoisotopic (exact) mass is 431 g/mol. The third-order valence-electron chi connectivity index (χ3n) is 2.46. The predicted octanol–water partition coefficient (Wildman–Crippen LogP) is 4.52. The molecule has 0 amide bonds. The first-order chi connectivity index (χ1) is 9.10. The summed E-state index contributed by atoms with van der Waals surface area (Å²) in [6, 6.07) is 11.1. The quantitative estimate of drug-likeness (QED) is 0.573. The minimum Gasteiger partial charge on any atom is -0.506 e. The fraction of sp³-hybridized carbons (Fsp3) is 0.0714. The highest BCUT2D eigenvalue weighted by atomic mass is 127. The van der Waals surface area contributed by atoms with E-state index in [0.717, 1.165) is 19.5 Å². The number of aromatic hydroxyl groups is 1. The van der Waals surface area contributed by atoms with E-state index in [2.05, 4.69) is 43.5 Å². The van der Waals surface area contributed by atoms with E-state index in [1.54, 1.807) is 13.3 Å². The van der Waals surface area contributed by atoms with Gasteiger partial charge in [-0.3, -0.25) is 4.99 Å². The predicted molar refractivity (Wildman–Crippen MR) is 88.8 cm³/mol. The van der Waals surface area contributed by atoms with Gasteiger partial charge in [0.1, 0.15) is 11.5 Å². The molecule has 0 saturated heterocycles. The number of benzene rings is 2. The van der Waals surface area contributed by atoms with Gasteiger partial charge < -0.3 is 9.84 Å². The summed E-state index contributed by atoms with van der Waals surface area (Å²) in [6.45, 7) is 0. The lowest BCUT2D eigenvalue weighted by molar-refractivity contribution is 0.415. The highest BCUT2D eigenvalue weighted by molar-refractivity contribution is 14.1. The maximum atomic E-state index is 9.96. The molecule has 0 atom stereocenters. The third kappa shape index (κ3) is 3.70. The lowest BCUT2D eigenvalue weighted by Gasteiger charge is -2.03. The average molecular weight is 432 g/mol. The topological polar surface area (TPSA) is 41.8 Å². The van der Waals surface area contributed by atoms with Gasteiger partial charge in [0.25, 0.3) is 0 Å². The van der Waals surface area contributed by atoms with Crippen LogP contribution in [0.2, 0.25) is 0 Å². The zero-order chi connectivity index (χ0) is 13.8. The largest absolute Gasteiger partial charge is 0.506 e. The summed E-state index contributed by atoms with van der Waals surface area (Å²) in [5, 5.41) is 9.96. The van der Waals surface area contributed by atoms with Crippen molar-refractivity contribution >= 4 is 50.4 Å². The number of aliphatic imine (C=N–C) groups is 1. The molecule has 0 aliphatic heterocycles. The summed E-state index contributed by atoms with van der Waals surface area (Å²) in [7, 11) is 1.62. The summed E-state index contributed by atoms with van der Waals surface area (Å²) in [6.07, 6.45) is 1.64. The van der Waals surface area contributed by atoms with Crippen molar-refractivity contribution in [1.82, 2.24) is 0 Å². The standard InChI is InChI=1S/C14H11BrINO2/c1-19-12-4-2-3-11(7-12)17-8-9-5-10(15)6-13(16)14(9)18/h2-8,18H,1H3. The number of ether oxygens (including phenoxy) is 1. The zero-order valence-electron chi connectivity index (χ0n) is 10.1. The molecule has 2 aromatic rings. The number of phenols is 1. The molecule has 2 aromatic carbocycles. The molecule has 0 saturated carbocycles. The molecule has 0 heterocycles. The Labute approximate surface area is 133 Å². The van der Waals surface area contributed by atoms with Crippen molar-refractivity contribution in [2.24, 2.45) is 4.99 Å². The molecule has 0 aromatic heterocycles. The van der Waals surface area contributed by atoms with Gasteiger partial charge in [0.05, 0.1) is 16.4 Å². The van der Waals surface area contributed by atoms with E-state index < -0.39 is 0 Å². The van der Waals surface area contributed by atoms with Crippen molar-refractivity contribution in [2.45, 2.75) is 0 Å². The van der Waals surface area contributed by atoms with Crippen LogP contribution >= 0.6 is 38.5 Å². The summed E-state index contributed by atoms with van der Waals surface area (Å²) in [5.74, 6) is 0.984. The van der Waals surface area contributed by atoms with Crippen molar-refractivity contribution in [2.75, 3.05) is 7.11 Å². The van der Waals surface area contributed by atoms with Gasteiger partial charge in [0.2, 0.25) is 0 Å². The molecular formula is C14H11BrINO2. The third-order valence-corrected chi connectivity index (χ3v) is 3.74. The molecule has 0 aliphatic rings. The Morgan fingerprint density at radius 2 is 2.11 bits per heavy atom. The fourth-order valence-corrected chi connectivity index (χ4v) is 3.07. The summed E-state index contributed by atoms with van der Waals surface area (Å²) >= 11 is 5.48. The Morgan fingerprint density at radius 1 is 1.32 bits per heavy atom. The van der Waals surface area contributed by atoms with Crippen LogP contribution in [-0.4, -0.2) is 18.4 Å². The van der Waals surface area contributed by atoms with Crippen LogP contribution in [0.5, 0.6) is 11.5 Å². The first-order valence-corrected chi connectivity index (χ1v) is 7.33. The number of halogens is 2. The number of hydrogen-bond donors (Lipinski definition) is 1. The van der Waals surface area contributed by atoms with Gasteiger partial charge in [0.15, 0.2) is 0 Å². The molecule has 0 unspecified atom stereocenters. The Kier molecular flexibility index (Phi) is 4.81. The van der Waals surface area contributed by atoms with Crippen LogP contribution in [-0.2, 0) is 0 Å². The van der Waals surface area contributed by atoms with Crippen molar-refractivity contribution in [3.8, 4) is 11.5 Å². The number of methoxy groups -OCH3 is 1. The summed E-state index contributed by atoms with van der Waals surface area (Å²) in [4.78, 5) is 4.34. The molecule has 0 bridgehead atoms. The van der Waals surface area contributed by atoms with Gasteiger partial charge in [-0.25, -0.2) is 0 Å². The average Bonchev–Trinajstić information content (AvgIpc) is 2.41. The number of rotatable bonds is 3. The maximum Gasteiger partial charge on any atom is 0.137 e. The number of phenolic OH excluding ortho intramolecular Hbond substituents is 1. The highest BCUT2D eigenvalue weighted by Crippen LogP contribution is 2.28. The van der Waals surface area contributed by atoms with Crippen LogP contribution in [0, 0.1) is 3.57 Å². The minimum absolute atomic E-state index is 0.232. The van der Waals surface area contributed by atoms with Crippen LogP contribution in [0.4, 0.5) is 5.69 Å². The Bertz CT molecular complexity index is 629. The highest BCUT2D eigenvalue weighted by Gasteiger charge is 2.05. The first-order valence-electron chi connectivity index (χ1n) is 5.46. The van der Waals surface area contributed by atoms with Gasteiger partial charge in [0, 0.05) is 22.3 Å². The second-order valence-corrected chi connectivity index (χ2v) is 5.86. The van der Waals surface area contributed by atoms with Crippen LogP contribution in [0.15, 0.2) is 45.9 Å². The van der Waals surface area contributed by atoms with Crippen LogP contribution in [0.3, 0.4) is 0 Å². The van der Waals surface area contributed by atoms with Crippen molar-refractivity contribution in [3.63, 3.8) is 0 Å². The SMILES string of the molecule is COc1cccc(N=Cc2cc(Br)cc(I)c2O)c1. The van der Waals surface area contributed by atoms with E-state index in [1.807, 2.05) is 36.4 Å². The van der Waals surface area contributed by atoms with Gasteiger partial charge >= 0.3 is 0 Å².